The van der Waals surface area contributed by atoms with Crippen molar-refractivity contribution in [3.8, 4) is 12.3 Å². The fraction of sp³-hybridized carbons (Fsp3) is 0.458. The molecule has 1 saturated carbocycles. The van der Waals surface area contributed by atoms with Crippen molar-refractivity contribution in [2.24, 2.45) is 5.41 Å². The van der Waals surface area contributed by atoms with Crippen LogP contribution in [0.5, 0.6) is 0 Å². The number of aliphatic hydroxyl groups is 1. The highest BCUT2D eigenvalue weighted by Gasteiger charge is 2.35. The third kappa shape index (κ3) is 4.49. The number of aliphatic hydroxyl groups excluding tert-OH is 1. The Hall–Kier alpha value is -3.11. The Morgan fingerprint density at radius 2 is 2.06 bits per heavy atom. The van der Waals surface area contributed by atoms with Gasteiger partial charge in [0.2, 0.25) is 5.95 Å². The van der Waals surface area contributed by atoms with Crippen LogP contribution in [0.15, 0.2) is 30.5 Å². The minimum absolute atomic E-state index is 0.133. The monoisotopic (exact) mass is 418 g/mol. The number of nitrogens with one attached hydrogen (secondary N) is 2. The maximum absolute atomic E-state index is 10.2. The second kappa shape index (κ2) is 8.56. The molecule has 31 heavy (non-hydrogen) atoms. The third-order valence-corrected chi connectivity index (χ3v) is 6.21. The van der Waals surface area contributed by atoms with Gasteiger partial charge in [-0.3, -0.25) is 0 Å². The van der Waals surface area contributed by atoms with Gasteiger partial charge >= 0.3 is 0 Å². The Morgan fingerprint density at radius 3 is 2.84 bits per heavy atom. The molecule has 7 heteroatoms. The van der Waals surface area contributed by atoms with Crippen LogP contribution in [0, 0.1) is 24.7 Å². The molecule has 2 aromatic heterocycles. The molecule has 2 atom stereocenters. The van der Waals surface area contributed by atoms with Crippen molar-refractivity contribution in [3.63, 3.8) is 0 Å². The van der Waals surface area contributed by atoms with Crippen LogP contribution in [-0.4, -0.2) is 43.3 Å². The molecular formula is C24H30N6O. The van der Waals surface area contributed by atoms with Crippen molar-refractivity contribution in [2.75, 3.05) is 17.2 Å². The second-order valence-electron chi connectivity index (χ2n) is 8.95. The lowest BCUT2D eigenvalue weighted by molar-refractivity contribution is 0.00926. The lowest BCUT2D eigenvalue weighted by atomic mass is 9.73. The quantitative estimate of drug-likeness (QED) is 0.531. The van der Waals surface area contributed by atoms with E-state index in [0.29, 0.717) is 23.9 Å². The zero-order valence-corrected chi connectivity index (χ0v) is 18.4. The van der Waals surface area contributed by atoms with Gasteiger partial charge < -0.3 is 20.3 Å². The first-order valence-electron chi connectivity index (χ1n) is 10.8. The maximum atomic E-state index is 10.2. The molecule has 1 aromatic carbocycles. The predicted octanol–water partition coefficient (Wildman–Crippen LogP) is 3.58. The van der Waals surface area contributed by atoms with E-state index in [2.05, 4.69) is 56.0 Å². The summed E-state index contributed by atoms with van der Waals surface area (Å²) in [7, 11) is 0. The summed E-state index contributed by atoms with van der Waals surface area (Å²) in [6.07, 6.45) is 9.59. The molecule has 1 fully saturated rings. The van der Waals surface area contributed by atoms with Crippen LogP contribution >= 0.6 is 0 Å². The number of hydrogen-bond donors (Lipinski definition) is 3. The summed E-state index contributed by atoms with van der Waals surface area (Å²) in [5, 5.41) is 17.0. The standard InChI is InChI=1S/C24H30N6O/c1-5-17-15-26-23(29-22(17)28-18-10-11-21(31)24(3,4)14-18)25-12-13-30-16(2)27-19-8-6-7-9-20(19)30/h1,6-9,15,18,21,31H,10-14H2,2-4H3,(H2,25,26,28,29)/t18-,21+/m1/s1. The Balaban J connectivity index is 1.44. The second-order valence-corrected chi connectivity index (χ2v) is 8.95. The number of anilines is 2. The summed E-state index contributed by atoms with van der Waals surface area (Å²) in [5.41, 5.74) is 2.63. The van der Waals surface area contributed by atoms with Crippen molar-refractivity contribution in [2.45, 2.75) is 58.7 Å². The highest BCUT2D eigenvalue weighted by molar-refractivity contribution is 5.75. The SMILES string of the molecule is C#Cc1cnc(NCCn2c(C)nc3ccccc32)nc1N[C@@H]1CC[C@H](O)C(C)(C)C1. The number of imidazole rings is 1. The van der Waals surface area contributed by atoms with Gasteiger partial charge in [-0.05, 0) is 43.7 Å². The molecule has 3 aromatic rings. The van der Waals surface area contributed by atoms with Crippen molar-refractivity contribution in [3.05, 3.63) is 41.9 Å². The van der Waals surface area contributed by atoms with Gasteiger partial charge in [0.25, 0.3) is 0 Å². The van der Waals surface area contributed by atoms with E-state index in [1.807, 2.05) is 25.1 Å². The van der Waals surface area contributed by atoms with Gasteiger partial charge in [-0.1, -0.05) is 31.9 Å². The van der Waals surface area contributed by atoms with Crippen molar-refractivity contribution >= 4 is 22.8 Å². The number of fused-ring (bicyclic) bond motifs is 1. The first kappa shape index (κ1) is 21.1. The van der Waals surface area contributed by atoms with Crippen molar-refractivity contribution in [1.29, 1.82) is 0 Å². The fourth-order valence-corrected chi connectivity index (χ4v) is 4.38. The summed E-state index contributed by atoms with van der Waals surface area (Å²) in [4.78, 5) is 13.6. The van der Waals surface area contributed by atoms with E-state index in [9.17, 15) is 5.11 Å². The highest BCUT2D eigenvalue weighted by Crippen LogP contribution is 2.36. The molecule has 7 nitrogen and oxygen atoms in total. The molecule has 0 aliphatic heterocycles. The molecule has 162 valence electrons. The van der Waals surface area contributed by atoms with Crippen LogP contribution in [-0.2, 0) is 6.54 Å². The summed E-state index contributed by atoms with van der Waals surface area (Å²) in [6, 6.07) is 8.35. The largest absolute Gasteiger partial charge is 0.393 e. The normalized spacial score (nSPS) is 20.4. The number of terminal acetylenes is 1. The van der Waals surface area contributed by atoms with Crippen LogP contribution in [0.3, 0.4) is 0 Å². The van der Waals surface area contributed by atoms with E-state index >= 15 is 0 Å². The Labute approximate surface area is 183 Å². The number of nitrogens with zero attached hydrogens (tertiary/aromatic N) is 4. The molecule has 4 rings (SSSR count). The van der Waals surface area contributed by atoms with Crippen LogP contribution in [0.1, 0.15) is 44.5 Å². The van der Waals surface area contributed by atoms with Crippen LogP contribution in [0.4, 0.5) is 11.8 Å². The first-order chi connectivity index (χ1) is 14.9. The smallest absolute Gasteiger partial charge is 0.224 e. The van der Waals surface area contributed by atoms with Gasteiger partial charge in [-0.2, -0.15) is 4.98 Å². The molecule has 0 amide bonds. The van der Waals surface area contributed by atoms with Crippen LogP contribution in [0.25, 0.3) is 11.0 Å². The third-order valence-electron chi connectivity index (χ3n) is 6.21. The highest BCUT2D eigenvalue weighted by atomic mass is 16.3. The van der Waals surface area contributed by atoms with Crippen molar-refractivity contribution < 1.29 is 5.11 Å². The van der Waals surface area contributed by atoms with Gasteiger partial charge in [0, 0.05) is 19.1 Å². The minimum Gasteiger partial charge on any atom is -0.393 e. The fourth-order valence-electron chi connectivity index (χ4n) is 4.38. The number of aryl methyl sites for hydroxylation is 1. The maximum Gasteiger partial charge on any atom is 0.224 e. The topological polar surface area (TPSA) is 87.9 Å². The summed E-state index contributed by atoms with van der Waals surface area (Å²) >= 11 is 0. The number of para-hydroxylation sites is 2. The molecular weight excluding hydrogens is 388 g/mol. The van der Waals surface area contributed by atoms with Gasteiger partial charge in [-0.25, -0.2) is 9.97 Å². The average Bonchev–Trinajstić information content (AvgIpc) is 3.06. The Morgan fingerprint density at radius 1 is 1.26 bits per heavy atom. The molecule has 1 aliphatic rings. The van der Waals surface area contributed by atoms with Gasteiger partial charge in [0.05, 0.1) is 28.9 Å². The molecule has 3 N–H and O–H groups in total. The lowest BCUT2D eigenvalue weighted by Crippen LogP contribution is -2.41. The summed E-state index contributed by atoms with van der Waals surface area (Å²) in [6.45, 7) is 7.64. The van der Waals surface area contributed by atoms with E-state index in [1.54, 1.807) is 6.20 Å². The van der Waals surface area contributed by atoms with Crippen LogP contribution < -0.4 is 10.6 Å². The van der Waals surface area contributed by atoms with E-state index < -0.39 is 0 Å². The molecule has 0 saturated heterocycles. The summed E-state index contributed by atoms with van der Waals surface area (Å²) in [5.74, 6) is 4.86. The van der Waals surface area contributed by atoms with E-state index in [1.165, 1.54) is 0 Å². The zero-order chi connectivity index (χ0) is 22.0. The Kier molecular flexibility index (Phi) is 5.84. The van der Waals surface area contributed by atoms with Gasteiger partial charge in [0.1, 0.15) is 11.6 Å². The molecule has 0 radical (unpaired) electrons. The van der Waals surface area contributed by atoms with E-state index in [0.717, 1.165) is 42.7 Å². The number of rotatable bonds is 6. The van der Waals surface area contributed by atoms with Gasteiger partial charge in [-0.15, -0.1) is 6.42 Å². The average molecular weight is 419 g/mol. The number of benzene rings is 1. The van der Waals surface area contributed by atoms with E-state index in [-0.39, 0.29) is 17.6 Å². The molecule has 0 bridgehead atoms. The van der Waals surface area contributed by atoms with Gasteiger partial charge in [0.15, 0.2) is 0 Å². The van der Waals surface area contributed by atoms with Crippen molar-refractivity contribution in [1.82, 2.24) is 19.5 Å². The molecule has 0 spiro atoms. The summed E-state index contributed by atoms with van der Waals surface area (Å²) < 4.78 is 2.19. The van der Waals surface area contributed by atoms with Crippen LogP contribution in [0.2, 0.25) is 0 Å². The van der Waals surface area contributed by atoms with E-state index in [4.69, 9.17) is 6.42 Å². The molecule has 1 aliphatic carbocycles. The molecule has 0 unspecified atom stereocenters. The number of aromatic nitrogens is 4. The zero-order valence-electron chi connectivity index (χ0n) is 18.4. The first-order valence-corrected chi connectivity index (χ1v) is 10.8. The lowest BCUT2D eigenvalue weighted by Gasteiger charge is -2.40. The Bertz CT molecular complexity index is 1110. The number of hydrogen-bond acceptors (Lipinski definition) is 6. The predicted molar refractivity (Wildman–Crippen MR) is 124 cm³/mol. The minimum atomic E-state index is -0.275. The molecule has 2 heterocycles.